The largest absolute Gasteiger partial charge is 0.478 e. The number of ether oxygens (including phenoxy) is 1. The van der Waals surface area contributed by atoms with Crippen molar-refractivity contribution < 1.29 is 14.6 Å². The lowest BCUT2D eigenvalue weighted by atomic mass is 10.1. The molecule has 100 valence electrons. The standard InChI is InChI=1S/C15H12N2O3/c1-17-7-6-16-15(17)20-13-9-11-5-3-2-4-10(11)8-12(13)14(18)19/h2-9H,1H3,(H,18,19). The van der Waals surface area contributed by atoms with E-state index in [1.807, 2.05) is 24.3 Å². The molecule has 20 heavy (non-hydrogen) atoms. The van der Waals surface area contributed by atoms with E-state index >= 15 is 0 Å². The maximum atomic E-state index is 11.4. The summed E-state index contributed by atoms with van der Waals surface area (Å²) < 4.78 is 7.30. The van der Waals surface area contributed by atoms with Gasteiger partial charge in [0.2, 0.25) is 0 Å². The molecule has 3 rings (SSSR count). The molecule has 0 aliphatic carbocycles. The molecule has 0 aliphatic heterocycles. The molecule has 1 N–H and O–H groups in total. The summed E-state index contributed by atoms with van der Waals surface area (Å²) in [4.78, 5) is 15.4. The highest BCUT2D eigenvalue weighted by atomic mass is 16.5. The number of carboxylic acids is 1. The van der Waals surface area contributed by atoms with E-state index in [-0.39, 0.29) is 11.3 Å². The number of fused-ring (bicyclic) bond motifs is 1. The fourth-order valence-corrected chi connectivity index (χ4v) is 2.02. The zero-order chi connectivity index (χ0) is 14.1. The van der Waals surface area contributed by atoms with E-state index in [9.17, 15) is 9.90 Å². The summed E-state index contributed by atoms with van der Waals surface area (Å²) in [6.07, 6.45) is 3.33. The zero-order valence-corrected chi connectivity index (χ0v) is 10.8. The molecule has 5 nitrogen and oxygen atoms in total. The quantitative estimate of drug-likeness (QED) is 0.792. The summed E-state index contributed by atoms with van der Waals surface area (Å²) in [6, 6.07) is 11.2. The summed E-state index contributed by atoms with van der Waals surface area (Å²) in [5.41, 5.74) is 0.117. The van der Waals surface area contributed by atoms with Gasteiger partial charge in [0.1, 0.15) is 11.3 Å². The third-order valence-electron chi connectivity index (χ3n) is 3.06. The Labute approximate surface area is 115 Å². The van der Waals surface area contributed by atoms with Gasteiger partial charge in [0.15, 0.2) is 0 Å². The van der Waals surface area contributed by atoms with Crippen molar-refractivity contribution in [1.82, 2.24) is 9.55 Å². The predicted molar refractivity (Wildman–Crippen MR) is 74.2 cm³/mol. The number of rotatable bonds is 3. The molecule has 0 saturated heterocycles. The molecule has 2 aromatic carbocycles. The van der Waals surface area contributed by atoms with Crippen LogP contribution in [0.4, 0.5) is 0 Å². The van der Waals surface area contributed by atoms with Crippen molar-refractivity contribution in [1.29, 1.82) is 0 Å². The van der Waals surface area contributed by atoms with Crippen molar-refractivity contribution in [2.75, 3.05) is 0 Å². The van der Waals surface area contributed by atoms with Crippen LogP contribution in [-0.4, -0.2) is 20.6 Å². The molecule has 0 unspecified atom stereocenters. The Balaban J connectivity index is 2.14. The second-order valence-corrected chi connectivity index (χ2v) is 4.42. The van der Waals surface area contributed by atoms with Gasteiger partial charge in [-0.15, -0.1) is 0 Å². The lowest BCUT2D eigenvalue weighted by Crippen LogP contribution is -2.02. The van der Waals surface area contributed by atoms with Gasteiger partial charge in [0, 0.05) is 19.4 Å². The van der Waals surface area contributed by atoms with Crippen LogP contribution in [0.25, 0.3) is 10.8 Å². The maximum Gasteiger partial charge on any atom is 0.339 e. The second kappa shape index (κ2) is 4.70. The van der Waals surface area contributed by atoms with E-state index in [1.165, 1.54) is 0 Å². The average molecular weight is 268 g/mol. The van der Waals surface area contributed by atoms with Gasteiger partial charge >= 0.3 is 12.0 Å². The predicted octanol–water partition coefficient (Wildman–Crippen LogP) is 3.06. The summed E-state index contributed by atoms with van der Waals surface area (Å²) in [5, 5.41) is 11.1. The van der Waals surface area contributed by atoms with Gasteiger partial charge in [0.05, 0.1) is 0 Å². The number of aromatic nitrogens is 2. The topological polar surface area (TPSA) is 64.4 Å². The highest BCUT2D eigenvalue weighted by molar-refractivity contribution is 5.97. The number of carbonyl (C=O) groups is 1. The normalized spacial score (nSPS) is 10.7. The first kappa shape index (κ1) is 12.2. The van der Waals surface area contributed by atoms with E-state index in [2.05, 4.69) is 4.98 Å². The molecule has 1 aromatic heterocycles. The fraction of sp³-hybridized carbons (Fsp3) is 0.0667. The molecule has 0 spiro atoms. The molecule has 1 heterocycles. The van der Waals surface area contributed by atoms with Crippen LogP contribution in [0, 0.1) is 0 Å². The van der Waals surface area contributed by atoms with Crippen molar-refractivity contribution in [2.45, 2.75) is 0 Å². The Morgan fingerprint density at radius 3 is 2.55 bits per heavy atom. The van der Waals surface area contributed by atoms with Crippen LogP contribution < -0.4 is 4.74 Å². The van der Waals surface area contributed by atoms with Gasteiger partial charge in [-0.3, -0.25) is 0 Å². The zero-order valence-electron chi connectivity index (χ0n) is 10.8. The minimum atomic E-state index is -1.03. The van der Waals surface area contributed by atoms with Gasteiger partial charge in [-0.2, -0.15) is 0 Å². The van der Waals surface area contributed by atoms with Crippen molar-refractivity contribution >= 4 is 16.7 Å². The third-order valence-corrected chi connectivity index (χ3v) is 3.06. The third kappa shape index (κ3) is 2.09. The average Bonchev–Trinajstić information content (AvgIpc) is 2.83. The van der Waals surface area contributed by atoms with Crippen LogP contribution in [0.5, 0.6) is 11.8 Å². The summed E-state index contributed by atoms with van der Waals surface area (Å²) in [5.74, 6) is -0.745. The van der Waals surface area contributed by atoms with Crippen molar-refractivity contribution in [3.63, 3.8) is 0 Å². The Morgan fingerprint density at radius 2 is 1.95 bits per heavy atom. The summed E-state index contributed by atoms with van der Waals surface area (Å²) >= 11 is 0. The van der Waals surface area contributed by atoms with Crippen LogP contribution in [0.15, 0.2) is 48.8 Å². The number of hydrogen-bond donors (Lipinski definition) is 1. The highest BCUT2D eigenvalue weighted by Gasteiger charge is 2.15. The number of benzene rings is 2. The van der Waals surface area contributed by atoms with Crippen molar-refractivity contribution in [3.8, 4) is 11.8 Å². The Kier molecular flexibility index (Phi) is 2.87. The maximum absolute atomic E-state index is 11.4. The number of imidazole rings is 1. The Morgan fingerprint density at radius 1 is 1.25 bits per heavy atom. The lowest BCUT2D eigenvalue weighted by molar-refractivity contribution is 0.0694. The van der Waals surface area contributed by atoms with E-state index < -0.39 is 5.97 Å². The molecule has 0 saturated carbocycles. The van der Waals surface area contributed by atoms with E-state index in [4.69, 9.17) is 4.74 Å². The Bertz CT molecular complexity index is 793. The molecule has 0 atom stereocenters. The van der Waals surface area contributed by atoms with Gasteiger partial charge in [-0.05, 0) is 22.9 Å². The Hall–Kier alpha value is -2.82. The summed E-state index contributed by atoms with van der Waals surface area (Å²) in [6.45, 7) is 0. The number of aryl methyl sites for hydroxylation is 1. The number of nitrogens with zero attached hydrogens (tertiary/aromatic N) is 2. The minimum absolute atomic E-state index is 0.117. The number of hydrogen-bond acceptors (Lipinski definition) is 3. The fourth-order valence-electron chi connectivity index (χ4n) is 2.02. The van der Waals surface area contributed by atoms with Crippen LogP contribution in [0.1, 0.15) is 10.4 Å². The molecule has 5 heteroatoms. The first-order valence-corrected chi connectivity index (χ1v) is 6.06. The SMILES string of the molecule is Cn1ccnc1Oc1cc2ccccc2cc1C(=O)O. The van der Waals surface area contributed by atoms with E-state index in [1.54, 1.807) is 36.1 Å². The first-order valence-electron chi connectivity index (χ1n) is 6.06. The van der Waals surface area contributed by atoms with Crippen LogP contribution in [-0.2, 0) is 7.05 Å². The smallest absolute Gasteiger partial charge is 0.339 e. The minimum Gasteiger partial charge on any atom is -0.478 e. The van der Waals surface area contributed by atoms with Gasteiger partial charge < -0.3 is 14.4 Å². The van der Waals surface area contributed by atoms with Gasteiger partial charge in [0.25, 0.3) is 0 Å². The molecule has 3 aromatic rings. The molecular weight excluding hydrogens is 256 g/mol. The van der Waals surface area contributed by atoms with Crippen molar-refractivity contribution in [2.24, 2.45) is 7.05 Å². The molecular formula is C15H12N2O3. The van der Waals surface area contributed by atoms with Crippen LogP contribution in [0.2, 0.25) is 0 Å². The molecule has 0 amide bonds. The van der Waals surface area contributed by atoms with E-state index in [0.717, 1.165) is 10.8 Å². The number of carboxylic acid groups (broad SMARTS) is 1. The van der Waals surface area contributed by atoms with Crippen LogP contribution in [0.3, 0.4) is 0 Å². The van der Waals surface area contributed by atoms with Gasteiger partial charge in [-0.1, -0.05) is 24.3 Å². The molecule has 0 radical (unpaired) electrons. The second-order valence-electron chi connectivity index (χ2n) is 4.42. The first-order chi connectivity index (χ1) is 9.65. The van der Waals surface area contributed by atoms with Crippen molar-refractivity contribution in [3.05, 3.63) is 54.4 Å². The van der Waals surface area contributed by atoms with Crippen LogP contribution >= 0.6 is 0 Å². The van der Waals surface area contributed by atoms with E-state index in [0.29, 0.717) is 6.01 Å². The number of aromatic carboxylic acids is 1. The van der Waals surface area contributed by atoms with Gasteiger partial charge in [-0.25, -0.2) is 9.78 Å². The molecule has 0 aliphatic rings. The molecule has 0 bridgehead atoms. The summed E-state index contributed by atoms with van der Waals surface area (Å²) in [7, 11) is 1.78. The monoisotopic (exact) mass is 268 g/mol. The lowest BCUT2D eigenvalue weighted by Gasteiger charge is -2.09. The highest BCUT2D eigenvalue weighted by Crippen LogP contribution is 2.29. The molecule has 0 fully saturated rings.